The van der Waals surface area contributed by atoms with Gasteiger partial charge in [0, 0.05) is 11.6 Å². The van der Waals surface area contributed by atoms with Crippen molar-refractivity contribution in [1.82, 2.24) is 4.98 Å². The van der Waals surface area contributed by atoms with Crippen LogP contribution in [0.3, 0.4) is 0 Å². The Hall–Kier alpha value is -1.67. The fraction of sp³-hybridized carbons (Fsp3) is 0.0833. The van der Waals surface area contributed by atoms with Gasteiger partial charge in [0.25, 0.3) is 0 Å². The lowest BCUT2D eigenvalue weighted by Gasteiger charge is -2.05. The van der Waals surface area contributed by atoms with Gasteiger partial charge in [0.15, 0.2) is 0 Å². The molecule has 0 amide bonds. The molecule has 0 radical (unpaired) electrons. The van der Waals surface area contributed by atoms with Gasteiger partial charge < -0.3 is 5.11 Å². The minimum absolute atomic E-state index is 0.638. The van der Waals surface area contributed by atoms with Crippen molar-refractivity contribution in [2.75, 3.05) is 0 Å². The van der Waals surface area contributed by atoms with Crippen molar-refractivity contribution < 1.29 is 5.11 Å². The largest absolute Gasteiger partial charge is 0.383 e. The number of aliphatic hydroxyl groups excluding tert-OH is 1. The third-order valence-corrected chi connectivity index (χ3v) is 2.18. The van der Waals surface area contributed by atoms with Crippen LogP contribution < -0.4 is 0 Å². The molecule has 2 nitrogen and oxygen atoms in total. The van der Waals surface area contributed by atoms with Crippen LogP contribution in [-0.2, 0) is 0 Å². The number of hydrogen-bond donors (Lipinski definition) is 1. The summed E-state index contributed by atoms with van der Waals surface area (Å²) >= 11 is 0. The molecule has 1 aromatic heterocycles. The van der Waals surface area contributed by atoms with Crippen LogP contribution in [0, 0.1) is 0 Å². The molecule has 0 aliphatic carbocycles. The first-order valence-corrected chi connectivity index (χ1v) is 4.46. The molecule has 0 spiro atoms. The van der Waals surface area contributed by atoms with Gasteiger partial charge >= 0.3 is 0 Å². The van der Waals surface area contributed by atoms with Crippen LogP contribution in [0.5, 0.6) is 0 Å². The van der Waals surface area contributed by atoms with Gasteiger partial charge in [0.05, 0.1) is 5.69 Å². The standard InChI is InChI=1S/C12H11NO/c1-2-12(14)11-7-9-5-3-4-6-10(9)8-13-11/h2-8,12,14H,1H2. The zero-order chi connectivity index (χ0) is 9.97. The molecule has 0 bridgehead atoms. The molecule has 0 aliphatic rings. The van der Waals surface area contributed by atoms with E-state index in [9.17, 15) is 5.11 Å². The minimum atomic E-state index is -0.681. The number of benzene rings is 1. The molecule has 2 rings (SSSR count). The second-order valence-corrected chi connectivity index (χ2v) is 3.14. The fourth-order valence-electron chi connectivity index (χ4n) is 1.38. The van der Waals surface area contributed by atoms with Gasteiger partial charge in [-0.1, -0.05) is 30.3 Å². The van der Waals surface area contributed by atoms with E-state index in [0.717, 1.165) is 10.8 Å². The van der Waals surface area contributed by atoms with Gasteiger partial charge in [0.1, 0.15) is 6.10 Å². The topological polar surface area (TPSA) is 33.1 Å². The van der Waals surface area contributed by atoms with Crippen molar-refractivity contribution in [3.63, 3.8) is 0 Å². The molecule has 0 fully saturated rings. The van der Waals surface area contributed by atoms with Gasteiger partial charge in [-0.25, -0.2) is 0 Å². The Labute approximate surface area is 82.5 Å². The van der Waals surface area contributed by atoms with E-state index in [0.29, 0.717) is 5.69 Å². The van der Waals surface area contributed by atoms with Gasteiger partial charge in [-0.15, -0.1) is 6.58 Å². The fourth-order valence-corrected chi connectivity index (χ4v) is 1.38. The molecule has 2 aromatic rings. The van der Waals surface area contributed by atoms with Gasteiger partial charge in [0.2, 0.25) is 0 Å². The summed E-state index contributed by atoms with van der Waals surface area (Å²) in [4.78, 5) is 4.16. The molecule has 0 aliphatic heterocycles. The third-order valence-electron chi connectivity index (χ3n) is 2.18. The van der Waals surface area contributed by atoms with Crippen molar-refractivity contribution >= 4 is 10.8 Å². The molecule has 0 saturated carbocycles. The first-order valence-electron chi connectivity index (χ1n) is 4.46. The Morgan fingerprint density at radius 2 is 2.00 bits per heavy atom. The van der Waals surface area contributed by atoms with Crippen LogP contribution in [-0.4, -0.2) is 10.1 Å². The van der Waals surface area contributed by atoms with Crippen LogP contribution in [0.4, 0.5) is 0 Å². The molecule has 14 heavy (non-hydrogen) atoms. The Morgan fingerprint density at radius 1 is 1.29 bits per heavy atom. The molecule has 1 unspecified atom stereocenters. The minimum Gasteiger partial charge on any atom is -0.383 e. The van der Waals surface area contributed by atoms with E-state index >= 15 is 0 Å². The first kappa shape index (κ1) is 8.91. The number of aromatic nitrogens is 1. The molecule has 1 heterocycles. The highest BCUT2D eigenvalue weighted by Gasteiger charge is 2.04. The summed E-state index contributed by atoms with van der Waals surface area (Å²) in [7, 11) is 0. The van der Waals surface area contributed by atoms with Gasteiger partial charge in [-0.2, -0.15) is 0 Å². The Kier molecular flexibility index (Phi) is 2.29. The summed E-state index contributed by atoms with van der Waals surface area (Å²) in [5, 5.41) is 11.7. The van der Waals surface area contributed by atoms with E-state index in [2.05, 4.69) is 11.6 Å². The van der Waals surface area contributed by atoms with Gasteiger partial charge in [-0.3, -0.25) is 4.98 Å². The van der Waals surface area contributed by atoms with Crippen molar-refractivity contribution in [1.29, 1.82) is 0 Å². The number of nitrogens with zero attached hydrogens (tertiary/aromatic N) is 1. The summed E-state index contributed by atoms with van der Waals surface area (Å²) in [6.07, 6.45) is 2.55. The van der Waals surface area contributed by atoms with Crippen molar-refractivity contribution in [3.8, 4) is 0 Å². The maximum Gasteiger partial charge on any atom is 0.114 e. The van der Waals surface area contributed by atoms with E-state index in [4.69, 9.17) is 0 Å². The number of pyridine rings is 1. The predicted octanol–water partition coefficient (Wildman–Crippen LogP) is 2.45. The number of aliphatic hydroxyl groups is 1. The maximum atomic E-state index is 9.51. The van der Waals surface area contributed by atoms with Crippen molar-refractivity contribution in [2.24, 2.45) is 0 Å². The maximum absolute atomic E-state index is 9.51. The lowest BCUT2D eigenvalue weighted by molar-refractivity contribution is 0.224. The second-order valence-electron chi connectivity index (χ2n) is 3.14. The van der Waals surface area contributed by atoms with E-state index < -0.39 is 6.10 Å². The molecular formula is C12H11NO. The quantitative estimate of drug-likeness (QED) is 0.729. The zero-order valence-electron chi connectivity index (χ0n) is 7.72. The third kappa shape index (κ3) is 1.52. The highest BCUT2D eigenvalue weighted by Crippen LogP contribution is 2.17. The molecule has 1 atom stereocenters. The molecule has 2 heteroatoms. The second kappa shape index (κ2) is 3.60. The Balaban J connectivity index is 2.56. The molecular weight excluding hydrogens is 174 g/mol. The molecule has 1 N–H and O–H groups in total. The lowest BCUT2D eigenvalue weighted by Crippen LogP contribution is -1.95. The van der Waals surface area contributed by atoms with Crippen LogP contribution >= 0.6 is 0 Å². The summed E-state index contributed by atoms with van der Waals surface area (Å²) in [6.45, 7) is 3.53. The van der Waals surface area contributed by atoms with E-state index in [-0.39, 0.29) is 0 Å². The van der Waals surface area contributed by atoms with Crippen molar-refractivity contribution in [2.45, 2.75) is 6.10 Å². The zero-order valence-corrected chi connectivity index (χ0v) is 7.72. The Morgan fingerprint density at radius 3 is 2.71 bits per heavy atom. The van der Waals surface area contributed by atoms with Gasteiger partial charge in [-0.05, 0) is 11.5 Å². The highest BCUT2D eigenvalue weighted by atomic mass is 16.3. The smallest absolute Gasteiger partial charge is 0.114 e. The average molecular weight is 185 g/mol. The van der Waals surface area contributed by atoms with Crippen molar-refractivity contribution in [3.05, 3.63) is 54.9 Å². The molecule has 0 saturated heterocycles. The Bertz CT molecular complexity index is 465. The number of fused-ring (bicyclic) bond motifs is 1. The summed E-state index contributed by atoms with van der Waals surface area (Å²) in [6, 6.07) is 9.80. The van der Waals surface area contributed by atoms with Crippen LogP contribution in [0.15, 0.2) is 49.2 Å². The molecule has 70 valence electrons. The van der Waals surface area contributed by atoms with Crippen LogP contribution in [0.2, 0.25) is 0 Å². The summed E-state index contributed by atoms with van der Waals surface area (Å²) in [5.41, 5.74) is 0.638. The van der Waals surface area contributed by atoms with E-state index in [1.807, 2.05) is 30.3 Å². The average Bonchev–Trinajstić information content (AvgIpc) is 2.27. The number of hydrogen-bond acceptors (Lipinski definition) is 2. The number of rotatable bonds is 2. The molecule has 1 aromatic carbocycles. The summed E-state index contributed by atoms with van der Waals surface area (Å²) < 4.78 is 0. The van der Waals surface area contributed by atoms with Crippen LogP contribution in [0.1, 0.15) is 11.8 Å². The predicted molar refractivity (Wildman–Crippen MR) is 56.9 cm³/mol. The van der Waals surface area contributed by atoms with E-state index in [1.54, 1.807) is 6.20 Å². The first-order chi connectivity index (χ1) is 6.81. The lowest BCUT2D eigenvalue weighted by atomic mass is 10.1. The van der Waals surface area contributed by atoms with Crippen LogP contribution in [0.25, 0.3) is 10.8 Å². The summed E-state index contributed by atoms with van der Waals surface area (Å²) in [5.74, 6) is 0. The SMILES string of the molecule is C=CC(O)c1cc2ccccc2cn1. The van der Waals surface area contributed by atoms with E-state index in [1.165, 1.54) is 6.08 Å². The normalized spacial score (nSPS) is 12.6. The highest BCUT2D eigenvalue weighted by molar-refractivity contribution is 5.81. The monoisotopic (exact) mass is 185 g/mol.